The molecule has 26 heavy (non-hydrogen) atoms. The highest BCUT2D eigenvalue weighted by Gasteiger charge is 2.23. The molecule has 1 aromatic heterocycles. The van der Waals surface area contributed by atoms with Gasteiger partial charge in [-0.25, -0.2) is 0 Å². The molecule has 0 radical (unpaired) electrons. The van der Waals surface area contributed by atoms with Gasteiger partial charge in [-0.05, 0) is 43.1 Å². The Kier molecular flexibility index (Phi) is 5.02. The van der Waals surface area contributed by atoms with Crippen LogP contribution in [0.4, 0.5) is 0 Å². The third-order valence-corrected chi connectivity index (χ3v) is 5.28. The van der Waals surface area contributed by atoms with Crippen LogP contribution in [0.25, 0.3) is 10.9 Å². The summed E-state index contributed by atoms with van der Waals surface area (Å²) in [6.45, 7) is 2.88. The van der Waals surface area contributed by atoms with Crippen molar-refractivity contribution in [1.82, 2.24) is 15.2 Å². The Hall–Kier alpha value is -2.59. The second kappa shape index (κ2) is 7.75. The fourth-order valence-corrected chi connectivity index (χ4v) is 3.91. The number of carbonyl (C=O) groups excluding carboxylic acids is 1. The second-order valence-corrected chi connectivity index (χ2v) is 7.01. The van der Waals surface area contributed by atoms with Gasteiger partial charge < -0.3 is 10.3 Å². The number of rotatable bonds is 6. The molecule has 0 bridgehead atoms. The lowest BCUT2D eigenvalue weighted by molar-refractivity contribution is -0.120. The maximum atomic E-state index is 12.6. The molecule has 3 aromatic rings. The van der Waals surface area contributed by atoms with Crippen molar-refractivity contribution in [1.29, 1.82) is 0 Å². The van der Waals surface area contributed by atoms with Gasteiger partial charge in [0, 0.05) is 23.6 Å². The summed E-state index contributed by atoms with van der Waals surface area (Å²) in [5.41, 5.74) is 3.41. The highest BCUT2D eigenvalue weighted by atomic mass is 16.1. The maximum absolute atomic E-state index is 12.6. The fourth-order valence-electron chi connectivity index (χ4n) is 3.91. The number of fused-ring (bicyclic) bond motifs is 1. The number of para-hydroxylation sites is 1. The molecule has 1 fully saturated rings. The van der Waals surface area contributed by atoms with Crippen LogP contribution in [0.2, 0.25) is 0 Å². The van der Waals surface area contributed by atoms with E-state index in [2.05, 4.69) is 45.5 Å². The van der Waals surface area contributed by atoms with Crippen molar-refractivity contribution < 1.29 is 4.79 Å². The molecule has 2 aromatic carbocycles. The molecule has 1 unspecified atom stereocenters. The van der Waals surface area contributed by atoms with Crippen molar-refractivity contribution >= 4 is 16.8 Å². The SMILES string of the molecule is O=C(Cc1c[nH]c2ccccc12)NCC(c1ccccc1)N1CCCC1. The molecule has 134 valence electrons. The summed E-state index contributed by atoms with van der Waals surface area (Å²) in [4.78, 5) is 18.3. The minimum atomic E-state index is 0.0786. The summed E-state index contributed by atoms with van der Waals surface area (Å²) in [5, 5.41) is 4.29. The van der Waals surface area contributed by atoms with Crippen molar-refractivity contribution in [3.8, 4) is 0 Å². The zero-order valence-electron chi connectivity index (χ0n) is 14.9. The number of H-pyrrole nitrogens is 1. The van der Waals surface area contributed by atoms with Gasteiger partial charge in [0.25, 0.3) is 0 Å². The van der Waals surface area contributed by atoms with Crippen LogP contribution in [-0.4, -0.2) is 35.4 Å². The Morgan fingerprint density at radius 2 is 1.77 bits per heavy atom. The zero-order chi connectivity index (χ0) is 17.8. The van der Waals surface area contributed by atoms with Crippen molar-refractivity contribution in [3.05, 3.63) is 71.9 Å². The van der Waals surface area contributed by atoms with Crippen molar-refractivity contribution in [2.75, 3.05) is 19.6 Å². The zero-order valence-corrected chi connectivity index (χ0v) is 14.9. The summed E-state index contributed by atoms with van der Waals surface area (Å²) in [5.74, 6) is 0.0786. The number of hydrogen-bond donors (Lipinski definition) is 2. The summed E-state index contributed by atoms with van der Waals surface area (Å²) < 4.78 is 0. The summed E-state index contributed by atoms with van der Waals surface area (Å²) in [6.07, 6.45) is 4.84. The monoisotopic (exact) mass is 347 g/mol. The highest BCUT2D eigenvalue weighted by Crippen LogP contribution is 2.24. The molecule has 0 spiro atoms. The number of nitrogens with zero attached hydrogens (tertiary/aromatic N) is 1. The van der Waals surface area contributed by atoms with E-state index in [0.29, 0.717) is 13.0 Å². The predicted molar refractivity (Wildman–Crippen MR) is 105 cm³/mol. The lowest BCUT2D eigenvalue weighted by Crippen LogP contribution is -2.37. The van der Waals surface area contributed by atoms with Gasteiger partial charge in [0.05, 0.1) is 12.5 Å². The van der Waals surface area contributed by atoms with Gasteiger partial charge in [0.15, 0.2) is 0 Å². The van der Waals surface area contributed by atoms with Crippen LogP contribution < -0.4 is 5.32 Å². The molecular formula is C22H25N3O. The van der Waals surface area contributed by atoms with Crippen LogP contribution in [0, 0.1) is 0 Å². The van der Waals surface area contributed by atoms with E-state index in [9.17, 15) is 4.79 Å². The number of likely N-dealkylation sites (tertiary alicyclic amines) is 1. The van der Waals surface area contributed by atoms with Crippen LogP contribution >= 0.6 is 0 Å². The minimum absolute atomic E-state index is 0.0786. The number of hydrogen-bond acceptors (Lipinski definition) is 2. The molecule has 2 N–H and O–H groups in total. The molecule has 0 saturated carbocycles. The third kappa shape index (κ3) is 3.65. The molecule has 4 nitrogen and oxygen atoms in total. The van der Waals surface area contributed by atoms with E-state index in [1.54, 1.807) is 0 Å². The van der Waals surface area contributed by atoms with Gasteiger partial charge >= 0.3 is 0 Å². The Bertz CT molecular complexity index is 865. The van der Waals surface area contributed by atoms with E-state index < -0.39 is 0 Å². The first-order valence-electron chi connectivity index (χ1n) is 9.42. The van der Waals surface area contributed by atoms with E-state index in [-0.39, 0.29) is 11.9 Å². The van der Waals surface area contributed by atoms with Gasteiger partial charge in [0.2, 0.25) is 5.91 Å². The second-order valence-electron chi connectivity index (χ2n) is 7.01. The van der Waals surface area contributed by atoms with Gasteiger partial charge in [-0.1, -0.05) is 48.5 Å². The predicted octanol–water partition coefficient (Wildman–Crippen LogP) is 3.66. The molecule has 2 heterocycles. The standard InChI is InChI=1S/C22H25N3O/c26-22(14-18-15-23-20-11-5-4-10-19(18)20)24-16-21(25-12-6-7-13-25)17-8-2-1-3-9-17/h1-5,8-11,15,21,23H,6-7,12-14,16H2,(H,24,26). The van der Waals surface area contributed by atoms with E-state index in [0.717, 1.165) is 29.6 Å². The van der Waals surface area contributed by atoms with Crippen LogP contribution in [0.5, 0.6) is 0 Å². The average Bonchev–Trinajstić information content (AvgIpc) is 3.34. The van der Waals surface area contributed by atoms with E-state index in [4.69, 9.17) is 0 Å². The van der Waals surface area contributed by atoms with Crippen LogP contribution in [0.15, 0.2) is 60.8 Å². The Morgan fingerprint density at radius 1 is 1.04 bits per heavy atom. The molecule has 1 aliphatic heterocycles. The highest BCUT2D eigenvalue weighted by molar-refractivity contribution is 5.88. The first kappa shape index (κ1) is 16.9. The van der Waals surface area contributed by atoms with Crippen molar-refractivity contribution in [2.45, 2.75) is 25.3 Å². The number of aromatic nitrogens is 1. The van der Waals surface area contributed by atoms with Gasteiger partial charge in [-0.2, -0.15) is 0 Å². The third-order valence-electron chi connectivity index (χ3n) is 5.28. The van der Waals surface area contributed by atoms with Crippen molar-refractivity contribution in [2.24, 2.45) is 0 Å². The van der Waals surface area contributed by atoms with E-state index >= 15 is 0 Å². The minimum Gasteiger partial charge on any atom is -0.361 e. The Labute approximate surface area is 154 Å². The number of nitrogens with one attached hydrogen (secondary N) is 2. The van der Waals surface area contributed by atoms with E-state index in [1.165, 1.54) is 18.4 Å². The smallest absolute Gasteiger partial charge is 0.224 e. The topological polar surface area (TPSA) is 48.1 Å². The number of aromatic amines is 1. The number of carbonyl (C=O) groups is 1. The molecule has 1 atom stereocenters. The lowest BCUT2D eigenvalue weighted by atomic mass is 10.1. The largest absolute Gasteiger partial charge is 0.361 e. The Balaban J connectivity index is 1.43. The van der Waals surface area contributed by atoms with E-state index in [1.807, 2.05) is 30.5 Å². The summed E-state index contributed by atoms with van der Waals surface area (Å²) in [6, 6.07) is 18.9. The van der Waals surface area contributed by atoms with Crippen LogP contribution in [0.3, 0.4) is 0 Å². The van der Waals surface area contributed by atoms with Crippen LogP contribution in [0.1, 0.15) is 30.0 Å². The molecule has 4 heteroatoms. The first-order valence-corrected chi connectivity index (χ1v) is 9.42. The quantitative estimate of drug-likeness (QED) is 0.715. The summed E-state index contributed by atoms with van der Waals surface area (Å²) in [7, 11) is 0. The first-order chi connectivity index (χ1) is 12.8. The van der Waals surface area contributed by atoms with Gasteiger partial charge in [0.1, 0.15) is 0 Å². The normalized spacial score (nSPS) is 16.0. The summed E-state index contributed by atoms with van der Waals surface area (Å²) >= 11 is 0. The Morgan fingerprint density at radius 3 is 2.58 bits per heavy atom. The molecule has 1 amide bonds. The number of benzene rings is 2. The van der Waals surface area contributed by atoms with Crippen molar-refractivity contribution in [3.63, 3.8) is 0 Å². The molecular weight excluding hydrogens is 322 g/mol. The molecule has 4 rings (SSSR count). The maximum Gasteiger partial charge on any atom is 0.224 e. The fraction of sp³-hybridized carbons (Fsp3) is 0.318. The average molecular weight is 347 g/mol. The lowest BCUT2D eigenvalue weighted by Gasteiger charge is -2.28. The molecule has 1 aliphatic rings. The van der Waals surface area contributed by atoms with Gasteiger partial charge in [-0.15, -0.1) is 0 Å². The van der Waals surface area contributed by atoms with Crippen LogP contribution in [-0.2, 0) is 11.2 Å². The van der Waals surface area contributed by atoms with Gasteiger partial charge in [-0.3, -0.25) is 9.69 Å². The molecule has 0 aliphatic carbocycles. The number of amides is 1. The molecule has 1 saturated heterocycles.